The van der Waals surface area contributed by atoms with Crippen molar-refractivity contribution < 1.29 is 0 Å². The molecule has 0 aliphatic heterocycles. The Morgan fingerprint density at radius 1 is 1.80 bits per heavy atom. The summed E-state index contributed by atoms with van der Waals surface area (Å²) in [4.78, 5) is 0. The first-order valence-electron chi connectivity index (χ1n) is 2.65. The number of nitrogens with one attached hydrogen (secondary N) is 1. The van der Waals surface area contributed by atoms with Crippen LogP contribution in [0.1, 0.15) is 5.56 Å². The molecule has 0 fully saturated rings. The molecule has 1 heterocycles. The van der Waals surface area contributed by atoms with Crippen LogP contribution in [0.2, 0.25) is 4.34 Å². The normalized spacial score (nSPS) is 8.90. The molecule has 0 saturated carbocycles. The molecule has 4 heteroatoms. The summed E-state index contributed by atoms with van der Waals surface area (Å²) in [5, 5.41) is 12.3. The summed E-state index contributed by atoms with van der Waals surface area (Å²) >= 11 is 7.05. The topological polar surface area (TPSA) is 35.8 Å². The Labute approximate surface area is 68.0 Å². The molecule has 1 N–H and O–H groups in total. The van der Waals surface area contributed by atoms with Gasteiger partial charge in [0.25, 0.3) is 0 Å². The molecule has 0 aliphatic rings. The summed E-state index contributed by atoms with van der Waals surface area (Å²) in [5.74, 6) is 0. The number of halogens is 1. The predicted octanol–water partition coefficient (Wildman–Crippen LogP) is 2.31. The number of rotatable bonds is 1. The minimum absolute atomic E-state index is 0.538. The first-order chi connectivity index (χ1) is 4.77. The summed E-state index contributed by atoms with van der Waals surface area (Å²) in [7, 11) is 1.79. The molecule has 0 amide bonds. The van der Waals surface area contributed by atoms with Gasteiger partial charge in [0.05, 0.1) is 10.6 Å². The third-order valence-electron chi connectivity index (χ3n) is 1.05. The first-order valence-corrected chi connectivity index (χ1v) is 3.84. The zero-order chi connectivity index (χ0) is 7.56. The van der Waals surface area contributed by atoms with Crippen LogP contribution in [0.4, 0.5) is 5.00 Å². The van der Waals surface area contributed by atoms with Crippen LogP contribution >= 0.6 is 22.9 Å². The van der Waals surface area contributed by atoms with Gasteiger partial charge in [0.15, 0.2) is 0 Å². The minimum Gasteiger partial charge on any atom is -0.380 e. The van der Waals surface area contributed by atoms with Crippen molar-refractivity contribution in [1.82, 2.24) is 0 Å². The van der Waals surface area contributed by atoms with E-state index in [9.17, 15) is 0 Å². The molecule has 0 atom stereocenters. The Morgan fingerprint density at radius 3 is 2.80 bits per heavy atom. The summed E-state index contributed by atoms with van der Waals surface area (Å²) in [6, 6.07) is 3.72. The second-order valence-corrected chi connectivity index (χ2v) is 3.31. The largest absolute Gasteiger partial charge is 0.380 e. The zero-order valence-electron chi connectivity index (χ0n) is 5.31. The van der Waals surface area contributed by atoms with Gasteiger partial charge in [0.2, 0.25) is 0 Å². The van der Waals surface area contributed by atoms with Gasteiger partial charge in [-0.1, -0.05) is 11.6 Å². The fourth-order valence-electron chi connectivity index (χ4n) is 0.568. The van der Waals surface area contributed by atoms with Crippen LogP contribution < -0.4 is 5.32 Å². The average Bonchev–Trinajstić information content (AvgIpc) is 2.30. The molecule has 0 aromatic carbocycles. The van der Waals surface area contributed by atoms with Gasteiger partial charge in [0, 0.05) is 7.05 Å². The first kappa shape index (κ1) is 7.39. The van der Waals surface area contributed by atoms with E-state index in [1.807, 2.05) is 6.07 Å². The Hall–Kier alpha value is -0.720. The van der Waals surface area contributed by atoms with E-state index < -0.39 is 0 Å². The van der Waals surface area contributed by atoms with Gasteiger partial charge in [-0.15, -0.1) is 11.3 Å². The van der Waals surface area contributed by atoms with Crippen LogP contribution in [-0.2, 0) is 0 Å². The van der Waals surface area contributed by atoms with Gasteiger partial charge >= 0.3 is 0 Å². The van der Waals surface area contributed by atoms with E-state index in [4.69, 9.17) is 16.9 Å². The molecule has 0 aliphatic carbocycles. The minimum atomic E-state index is 0.538. The third-order valence-corrected chi connectivity index (χ3v) is 2.43. The van der Waals surface area contributed by atoms with Crippen molar-refractivity contribution in [2.45, 2.75) is 0 Å². The third kappa shape index (κ3) is 1.23. The molecule has 1 aromatic rings. The molecule has 0 unspecified atom stereocenters. The lowest BCUT2D eigenvalue weighted by molar-refractivity contribution is 1.50. The number of hydrogen-bond acceptors (Lipinski definition) is 3. The number of thiophene rings is 1. The maximum atomic E-state index is 8.47. The fraction of sp³-hybridized carbons (Fsp3) is 0.167. The summed E-state index contributed by atoms with van der Waals surface area (Å²) in [6.07, 6.45) is 0. The second-order valence-electron chi connectivity index (χ2n) is 1.66. The van der Waals surface area contributed by atoms with Crippen LogP contribution in [0.15, 0.2) is 6.07 Å². The van der Waals surface area contributed by atoms with Crippen molar-refractivity contribution in [2.75, 3.05) is 12.4 Å². The van der Waals surface area contributed by atoms with E-state index >= 15 is 0 Å². The van der Waals surface area contributed by atoms with Gasteiger partial charge in [-0.2, -0.15) is 5.26 Å². The van der Waals surface area contributed by atoms with Gasteiger partial charge < -0.3 is 5.32 Å². The highest BCUT2D eigenvalue weighted by molar-refractivity contribution is 7.20. The van der Waals surface area contributed by atoms with Gasteiger partial charge in [-0.25, -0.2) is 0 Å². The molecule has 10 heavy (non-hydrogen) atoms. The van der Waals surface area contributed by atoms with Crippen molar-refractivity contribution in [3.8, 4) is 6.07 Å². The Bertz CT molecular complexity index is 274. The van der Waals surface area contributed by atoms with Crippen LogP contribution in [0.5, 0.6) is 0 Å². The van der Waals surface area contributed by atoms with Crippen LogP contribution in [0.3, 0.4) is 0 Å². The number of nitrogens with zero attached hydrogens (tertiary/aromatic N) is 1. The standard InChI is InChI=1S/C6H5ClN2S/c1-9-5-2-4(3-8)6(7)10-5/h2,9H,1H3. The lowest BCUT2D eigenvalue weighted by Crippen LogP contribution is -1.80. The quantitative estimate of drug-likeness (QED) is 0.706. The second kappa shape index (κ2) is 2.91. The summed E-state index contributed by atoms with van der Waals surface area (Å²) < 4.78 is 0.548. The van der Waals surface area contributed by atoms with Crippen molar-refractivity contribution in [1.29, 1.82) is 5.26 Å². The molecule has 0 radical (unpaired) electrons. The number of nitriles is 1. The Balaban J connectivity index is 3.07. The van der Waals surface area contributed by atoms with E-state index in [1.165, 1.54) is 11.3 Å². The lowest BCUT2D eigenvalue weighted by atomic mass is 10.4. The number of hydrogen-bond donors (Lipinski definition) is 1. The van der Waals surface area contributed by atoms with Gasteiger partial charge in [0.1, 0.15) is 10.4 Å². The zero-order valence-corrected chi connectivity index (χ0v) is 6.88. The average molecular weight is 173 g/mol. The molecule has 1 rings (SSSR count). The Morgan fingerprint density at radius 2 is 2.50 bits per heavy atom. The van der Waals surface area contributed by atoms with Crippen molar-refractivity contribution in [3.63, 3.8) is 0 Å². The highest BCUT2D eigenvalue weighted by Crippen LogP contribution is 2.30. The molecular weight excluding hydrogens is 168 g/mol. The molecule has 52 valence electrons. The fourth-order valence-corrected chi connectivity index (χ4v) is 1.60. The highest BCUT2D eigenvalue weighted by Gasteiger charge is 2.03. The number of anilines is 1. The summed E-state index contributed by atoms with van der Waals surface area (Å²) in [5.41, 5.74) is 0.538. The van der Waals surface area contributed by atoms with Crippen LogP contribution in [0, 0.1) is 11.3 Å². The Kier molecular flexibility index (Phi) is 2.15. The molecular formula is C6H5ClN2S. The lowest BCUT2D eigenvalue weighted by Gasteiger charge is -1.86. The van der Waals surface area contributed by atoms with Crippen LogP contribution in [0.25, 0.3) is 0 Å². The van der Waals surface area contributed by atoms with E-state index in [1.54, 1.807) is 13.1 Å². The van der Waals surface area contributed by atoms with E-state index in [0.29, 0.717) is 9.90 Å². The molecule has 1 aromatic heterocycles. The van der Waals surface area contributed by atoms with E-state index in [-0.39, 0.29) is 0 Å². The van der Waals surface area contributed by atoms with Crippen LogP contribution in [-0.4, -0.2) is 7.05 Å². The van der Waals surface area contributed by atoms with Gasteiger partial charge in [-0.3, -0.25) is 0 Å². The van der Waals surface area contributed by atoms with Gasteiger partial charge in [-0.05, 0) is 6.07 Å². The highest BCUT2D eigenvalue weighted by atomic mass is 35.5. The molecule has 2 nitrogen and oxygen atoms in total. The van der Waals surface area contributed by atoms with Crippen molar-refractivity contribution in [2.24, 2.45) is 0 Å². The van der Waals surface area contributed by atoms with Crippen molar-refractivity contribution in [3.05, 3.63) is 16.0 Å². The van der Waals surface area contributed by atoms with E-state index in [2.05, 4.69) is 5.32 Å². The van der Waals surface area contributed by atoms with Crippen molar-refractivity contribution >= 4 is 27.9 Å². The maximum absolute atomic E-state index is 8.47. The monoisotopic (exact) mass is 172 g/mol. The molecule has 0 spiro atoms. The smallest absolute Gasteiger partial charge is 0.113 e. The predicted molar refractivity (Wildman–Crippen MR) is 43.6 cm³/mol. The summed E-state index contributed by atoms with van der Waals surface area (Å²) in [6.45, 7) is 0. The SMILES string of the molecule is CNc1cc(C#N)c(Cl)s1. The van der Waals surface area contributed by atoms with E-state index in [0.717, 1.165) is 5.00 Å². The molecule has 0 bridgehead atoms. The maximum Gasteiger partial charge on any atom is 0.113 e. The molecule has 0 saturated heterocycles.